The highest BCUT2D eigenvalue weighted by atomic mass is 32.2. The number of rotatable bonds is 8. The predicted molar refractivity (Wildman–Crippen MR) is 101 cm³/mol. The highest BCUT2D eigenvalue weighted by Gasteiger charge is 2.29. The van der Waals surface area contributed by atoms with E-state index < -0.39 is 28.6 Å². The van der Waals surface area contributed by atoms with Gasteiger partial charge in [-0.15, -0.1) is 0 Å². The molecule has 2 rings (SSSR count). The Labute approximate surface area is 164 Å². The number of nitrogens with zero attached hydrogens (tertiary/aromatic N) is 2. The third-order valence-corrected chi connectivity index (χ3v) is 6.24. The van der Waals surface area contributed by atoms with Crippen LogP contribution in [0.15, 0.2) is 15.5 Å². The van der Waals surface area contributed by atoms with Crippen LogP contribution in [-0.2, 0) is 26.1 Å². The molecule has 0 amide bonds. The standard InChI is InChI=1S/C18H25N3O6S/c1-7-21-10(2)8-15(13(21)5)16(22)9-26-18(23)12(4)20-28(24,25)17-11(3)19-27-14(17)6/h8,12,20H,7,9H2,1-6H3/t12-/m0/s1. The Balaban J connectivity index is 2.02. The lowest BCUT2D eigenvalue weighted by Crippen LogP contribution is -2.40. The van der Waals surface area contributed by atoms with Gasteiger partial charge in [-0.1, -0.05) is 5.16 Å². The van der Waals surface area contributed by atoms with E-state index in [0.29, 0.717) is 5.56 Å². The van der Waals surface area contributed by atoms with Crippen molar-refractivity contribution >= 4 is 21.8 Å². The largest absolute Gasteiger partial charge is 0.456 e. The van der Waals surface area contributed by atoms with E-state index in [4.69, 9.17) is 9.26 Å². The SMILES string of the molecule is CCn1c(C)cc(C(=O)COC(=O)[C@H](C)NS(=O)(=O)c2c(C)noc2C)c1C. The van der Waals surface area contributed by atoms with Crippen molar-refractivity contribution < 1.29 is 27.3 Å². The van der Waals surface area contributed by atoms with Crippen LogP contribution in [0.5, 0.6) is 0 Å². The molecular formula is C18H25N3O6S. The Morgan fingerprint density at radius 2 is 1.93 bits per heavy atom. The second-order valence-electron chi connectivity index (χ2n) is 6.56. The number of aryl methyl sites for hydroxylation is 3. The maximum absolute atomic E-state index is 12.4. The van der Waals surface area contributed by atoms with Gasteiger partial charge < -0.3 is 13.8 Å². The molecule has 1 atom stereocenters. The first-order chi connectivity index (χ1) is 13.0. The van der Waals surface area contributed by atoms with Crippen LogP contribution in [0.3, 0.4) is 0 Å². The van der Waals surface area contributed by atoms with Crippen molar-refractivity contribution in [1.29, 1.82) is 0 Å². The molecule has 0 saturated heterocycles. The summed E-state index contributed by atoms with van der Waals surface area (Å²) in [6, 6.07) is 0.563. The molecule has 0 fully saturated rings. The molecule has 28 heavy (non-hydrogen) atoms. The van der Waals surface area contributed by atoms with Gasteiger partial charge in [-0.3, -0.25) is 9.59 Å². The number of nitrogens with one attached hydrogen (secondary N) is 1. The minimum absolute atomic E-state index is 0.116. The first-order valence-corrected chi connectivity index (χ1v) is 10.3. The number of Topliss-reactive ketones (excluding diaryl/α,β-unsaturated/α-hetero) is 1. The summed E-state index contributed by atoms with van der Waals surface area (Å²) in [6.07, 6.45) is 0. The van der Waals surface area contributed by atoms with Gasteiger partial charge in [-0.2, -0.15) is 4.72 Å². The summed E-state index contributed by atoms with van der Waals surface area (Å²) in [5, 5.41) is 3.59. The van der Waals surface area contributed by atoms with E-state index in [2.05, 4.69) is 9.88 Å². The van der Waals surface area contributed by atoms with Gasteiger partial charge in [-0.25, -0.2) is 8.42 Å². The zero-order valence-corrected chi connectivity index (χ0v) is 17.6. The summed E-state index contributed by atoms with van der Waals surface area (Å²) in [6.45, 7) is 10.2. The summed E-state index contributed by atoms with van der Waals surface area (Å²) in [7, 11) is -4.02. The molecule has 2 aromatic heterocycles. The van der Waals surface area contributed by atoms with Crippen LogP contribution in [0.2, 0.25) is 0 Å². The minimum Gasteiger partial charge on any atom is -0.456 e. The molecule has 0 aliphatic rings. The number of esters is 1. The molecule has 0 aliphatic carbocycles. The molecule has 2 heterocycles. The molecule has 0 aliphatic heterocycles. The fourth-order valence-corrected chi connectivity index (χ4v) is 4.63. The van der Waals surface area contributed by atoms with E-state index in [-0.39, 0.29) is 22.1 Å². The van der Waals surface area contributed by atoms with E-state index >= 15 is 0 Å². The van der Waals surface area contributed by atoms with Crippen molar-refractivity contribution in [3.05, 3.63) is 34.5 Å². The van der Waals surface area contributed by atoms with Crippen LogP contribution in [0.4, 0.5) is 0 Å². The summed E-state index contributed by atoms with van der Waals surface area (Å²) in [5.74, 6) is -1.08. The van der Waals surface area contributed by atoms with Crippen molar-refractivity contribution in [3.8, 4) is 0 Å². The monoisotopic (exact) mass is 411 g/mol. The van der Waals surface area contributed by atoms with Gasteiger partial charge in [0.05, 0.1) is 0 Å². The maximum atomic E-state index is 12.4. The van der Waals surface area contributed by atoms with Crippen LogP contribution < -0.4 is 4.72 Å². The van der Waals surface area contributed by atoms with E-state index in [9.17, 15) is 18.0 Å². The molecule has 10 heteroatoms. The lowest BCUT2D eigenvalue weighted by molar-refractivity contribution is -0.144. The van der Waals surface area contributed by atoms with Gasteiger partial charge in [0, 0.05) is 23.5 Å². The van der Waals surface area contributed by atoms with Crippen LogP contribution in [0.25, 0.3) is 0 Å². The molecule has 154 valence electrons. The van der Waals surface area contributed by atoms with Crippen LogP contribution in [0.1, 0.15) is 47.0 Å². The predicted octanol–water partition coefficient (Wildman–Crippen LogP) is 1.82. The molecule has 0 aromatic carbocycles. The minimum atomic E-state index is -4.02. The van der Waals surface area contributed by atoms with E-state index in [0.717, 1.165) is 17.9 Å². The summed E-state index contributed by atoms with van der Waals surface area (Å²) < 4.78 is 38.9. The molecule has 0 saturated carbocycles. The van der Waals surface area contributed by atoms with Crippen molar-refractivity contribution in [3.63, 3.8) is 0 Å². The lowest BCUT2D eigenvalue weighted by atomic mass is 10.1. The topological polar surface area (TPSA) is 120 Å². The molecule has 9 nitrogen and oxygen atoms in total. The van der Waals surface area contributed by atoms with Gasteiger partial charge in [0.1, 0.15) is 16.6 Å². The zero-order valence-electron chi connectivity index (χ0n) is 16.8. The molecule has 2 aromatic rings. The van der Waals surface area contributed by atoms with Gasteiger partial charge in [0.25, 0.3) is 0 Å². The van der Waals surface area contributed by atoms with Crippen molar-refractivity contribution in [2.24, 2.45) is 0 Å². The smallest absolute Gasteiger partial charge is 0.324 e. The van der Waals surface area contributed by atoms with Crippen molar-refractivity contribution in [2.45, 2.75) is 59.0 Å². The van der Waals surface area contributed by atoms with Crippen LogP contribution in [-0.4, -0.2) is 42.5 Å². The third-order valence-electron chi connectivity index (χ3n) is 4.46. The third kappa shape index (κ3) is 4.33. The fourth-order valence-electron chi connectivity index (χ4n) is 3.11. The average molecular weight is 411 g/mol. The highest BCUT2D eigenvalue weighted by molar-refractivity contribution is 7.89. The number of carbonyl (C=O) groups is 2. The Morgan fingerprint density at radius 1 is 1.29 bits per heavy atom. The first-order valence-electron chi connectivity index (χ1n) is 8.81. The number of ether oxygens (including phenoxy) is 1. The Morgan fingerprint density at radius 3 is 2.43 bits per heavy atom. The Hall–Kier alpha value is -2.46. The molecular weight excluding hydrogens is 386 g/mol. The molecule has 0 bridgehead atoms. The number of hydrogen-bond acceptors (Lipinski definition) is 7. The number of ketones is 1. The van der Waals surface area contributed by atoms with Crippen molar-refractivity contribution in [2.75, 3.05) is 6.61 Å². The second kappa shape index (κ2) is 8.27. The molecule has 1 N–H and O–H groups in total. The average Bonchev–Trinajstić information content (AvgIpc) is 3.10. The number of carbonyl (C=O) groups excluding carboxylic acids is 2. The second-order valence-corrected chi connectivity index (χ2v) is 8.21. The molecule has 0 radical (unpaired) electrons. The number of aromatic nitrogens is 2. The maximum Gasteiger partial charge on any atom is 0.324 e. The summed E-state index contributed by atoms with van der Waals surface area (Å²) in [5.41, 5.74) is 2.41. The lowest BCUT2D eigenvalue weighted by Gasteiger charge is -2.13. The Kier molecular flexibility index (Phi) is 6.45. The molecule has 0 unspecified atom stereocenters. The summed E-state index contributed by atoms with van der Waals surface area (Å²) >= 11 is 0. The van der Waals surface area contributed by atoms with E-state index in [1.807, 2.05) is 25.3 Å². The first kappa shape index (κ1) is 21.8. The van der Waals surface area contributed by atoms with E-state index in [1.54, 1.807) is 6.07 Å². The number of hydrogen-bond donors (Lipinski definition) is 1. The zero-order chi connectivity index (χ0) is 21.2. The normalized spacial score (nSPS) is 12.8. The van der Waals surface area contributed by atoms with Gasteiger partial charge in [0.15, 0.2) is 12.4 Å². The molecule has 0 spiro atoms. The number of sulfonamides is 1. The van der Waals surface area contributed by atoms with Gasteiger partial charge in [0.2, 0.25) is 15.8 Å². The Bertz CT molecular complexity index is 983. The quantitative estimate of drug-likeness (QED) is 0.519. The van der Waals surface area contributed by atoms with Crippen LogP contribution in [0, 0.1) is 27.7 Å². The fraction of sp³-hybridized carbons (Fsp3) is 0.500. The van der Waals surface area contributed by atoms with Crippen molar-refractivity contribution in [1.82, 2.24) is 14.4 Å². The van der Waals surface area contributed by atoms with Crippen LogP contribution >= 0.6 is 0 Å². The van der Waals surface area contributed by atoms with Gasteiger partial charge >= 0.3 is 5.97 Å². The van der Waals surface area contributed by atoms with E-state index in [1.165, 1.54) is 20.8 Å². The summed E-state index contributed by atoms with van der Waals surface area (Å²) in [4.78, 5) is 24.4. The highest BCUT2D eigenvalue weighted by Crippen LogP contribution is 2.19. The van der Waals surface area contributed by atoms with Gasteiger partial charge in [-0.05, 0) is 47.6 Å².